The lowest BCUT2D eigenvalue weighted by Gasteiger charge is -2.10. The Morgan fingerprint density at radius 2 is 1.82 bits per heavy atom. The first-order chi connectivity index (χ1) is 13.4. The molecule has 3 aromatic rings. The van der Waals surface area contributed by atoms with Crippen LogP contribution >= 0.6 is 47.8 Å². The summed E-state index contributed by atoms with van der Waals surface area (Å²) in [6, 6.07) is 13.2. The Hall–Kier alpha value is -1.90. The number of carbonyl (C=O) groups is 1. The van der Waals surface area contributed by atoms with Crippen molar-refractivity contribution in [1.29, 1.82) is 0 Å². The Balaban J connectivity index is 1.70. The van der Waals surface area contributed by atoms with Crippen LogP contribution in [0.1, 0.15) is 11.1 Å². The fraction of sp³-hybridized carbons (Fsp3) is 0.100. The van der Waals surface area contributed by atoms with Crippen molar-refractivity contribution in [3.8, 4) is 11.5 Å². The Kier molecular flexibility index (Phi) is 6.74. The monoisotopic (exact) mass is 568 g/mol. The van der Waals surface area contributed by atoms with Crippen LogP contribution in [-0.4, -0.2) is 23.8 Å². The largest absolute Gasteiger partial charge is 0.506 e. The average Bonchev–Trinajstić information content (AvgIpc) is 2.64. The summed E-state index contributed by atoms with van der Waals surface area (Å²) >= 11 is 10.2. The molecule has 1 amide bonds. The highest BCUT2D eigenvalue weighted by Gasteiger charge is 2.11. The minimum Gasteiger partial charge on any atom is -0.506 e. The van der Waals surface area contributed by atoms with Crippen LogP contribution in [0.5, 0.6) is 11.5 Å². The molecule has 0 aliphatic carbocycles. The molecule has 0 spiro atoms. The molecule has 0 aromatic heterocycles. The number of nitrogens with one attached hydrogen (secondary N) is 1. The Bertz CT molecular complexity index is 1060. The number of benzene rings is 3. The van der Waals surface area contributed by atoms with Crippen molar-refractivity contribution in [3.05, 3.63) is 67.0 Å². The zero-order valence-electron chi connectivity index (χ0n) is 14.7. The maximum atomic E-state index is 12.1. The van der Waals surface area contributed by atoms with E-state index in [1.165, 1.54) is 6.21 Å². The molecule has 0 heterocycles. The van der Waals surface area contributed by atoms with Gasteiger partial charge in [-0.05, 0) is 89.2 Å². The van der Waals surface area contributed by atoms with Crippen molar-refractivity contribution in [1.82, 2.24) is 5.43 Å². The average molecular weight is 571 g/mol. The molecule has 0 aliphatic rings. The zero-order chi connectivity index (χ0) is 20.3. The fourth-order valence-corrected chi connectivity index (χ4v) is 4.73. The Morgan fingerprint density at radius 3 is 2.54 bits per heavy atom. The van der Waals surface area contributed by atoms with Crippen molar-refractivity contribution in [2.45, 2.75) is 6.92 Å². The zero-order valence-corrected chi connectivity index (χ0v) is 19.4. The van der Waals surface area contributed by atoms with Gasteiger partial charge in [-0.2, -0.15) is 5.10 Å². The molecule has 5 nitrogen and oxygen atoms in total. The minimum atomic E-state index is -0.422. The number of nitrogens with zero attached hydrogens (tertiary/aromatic N) is 1. The predicted molar refractivity (Wildman–Crippen MR) is 121 cm³/mol. The second-order valence-electron chi connectivity index (χ2n) is 5.98. The second kappa shape index (κ2) is 9.07. The molecule has 0 aliphatic heterocycles. The third kappa shape index (κ3) is 4.74. The van der Waals surface area contributed by atoms with Crippen molar-refractivity contribution < 1.29 is 14.6 Å². The van der Waals surface area contributed by atoms with Gasteiger partial charge < -0.3 is 9.84 Å². The first-order valence-corrected chi connectivity index (χ1v) is 10.5. The van der Waals surface area contributed by atoms with Crippen LogP contribution in [0, 0.1) is 6.92 Å². The number of halogens is 3. The molecular weight excluding hydrogens is 556 g/mol. The first kappa shape index (κ1) is 20.8. The van der Waals surface area contributed by atoms with Crippen molar-refractivity contribution in [3.63, 3.8) is 0 Å². The number of carbonyl (C=O) groups excluding carboxylic acids is 1. The number of amides is 1. The van der Waals surface area contributed by atoms with E-state index in [9.17, 15) is 9.90 Å². The number of hydrogen-bond acceptors (Lipinski definition) is 4. The molecule has 0 bridgehead atoms. The van der Waals surface area contributed by atoms with E-state index >= 15 is 0 Å². The number of hydrazone groups is 1. The fourth-order valence-electron chi connectivity index (χ4n) is 2.62. The third-order valence-corrected chi connectivity index (χ3v) is 5.67. The Morgan fingerprint density at radius 1 is 1.14 bits per heavy atom. The van der Waals surface area contributed by atoms with Gasteiger partial charge in [-0.15, -0.1) is 0 Å². The van der Waals surface area contributed by atoms with Gasteiger partial charge in [0.2, 0.25) is 0 Å². The highest BCUT2D eigenvalue weighted by molar-refractivity contribution is 9.11. The highest BCUT2D eigenvalue weighted by atomic mass is 79.9. The van der Waals surface area contributed by atoms with Gasteiger partial charge in [0, 0.05) is 5.56 Å². The summed E-state index contributed by atoms with van der Waals surface area (Å²) in [7, 11) is 0. The molecule has 0 fully saturated rings. The summed E-state index contributed by atoms with van der Waals surface area (Å²) in [6.45, 7) is 1.75. The summed E-state index contributed by atoms with van der Waals surface area (Å²) in [4.78, 5) is 12.1. The molecule has 0 unspecified atom stereocenters. The lowest BCUT2D eigenvalue weighted by molar-refractivity contribution is -0.123. The number of phenolic OH excluding ortho intramolecular Hbond substituents is 1. The second-order valence-corrected chi connectivity index (χ2v) is 8.54. The van der Waals surface area contributed by atoms with Gasteiger partial charge >= 0.3 is 0 Å². The number of phenols is 1. The molecule has 28 heavy (non-hydrogen) atoms. The quantitative estimate of drug-likeness (QED) is 0.307. The van der Waals surface area contributed by atoms with Crippen molar-refractivity contribution in [2.75, 3.05) is 6.61 Å². The van der Waals surface area contributed by atoms with E-state index in [4.69, 9.17) is 4.74 Å². The van der Waals surface area contributed by atoms with Crippen LogP contribution in [0.4, 0.5) is 0 Å². The normalized spacial score (nSPS) is 11.1. The van der Waals surface area contributed by atoms with Gasteiger partial charge in [0.15, 0.2) is 6.61 Å². The predicted octanol–water partition coefficient (Wildman–Crippen LogP) is 5.67. The molecule has 0 saturated carbocycles. The summed E-state index contributed by atoms with van der Waals surface area (Å²) < 4.78 is 7.62. The molecule has 0 saturated heterocycles. The molecule has 3 aromatic carbocycles. The van der Waals surface area contributed by atoms with Crippen LogP contribution in [-0.2, 0) is 4.79 Å². The van der Waals surface area contributed by atoms with Gasteiger partial charge in [0.05, 0.1) is 19.6 Å². The van der Waals surface area contributed by atoms with Gasteiger partial charge in [-0.25, -0.2) is 5.43 Å². The van der Waals surface area contributed by atoms with E-state index in [2.05, 4.69) is 58.3 Å². The molecule has 3 rings (SSSR count). The summed E-state index contributed by atoms with van der Waals surface area (Å²) in [5.41, 5.74) is 3.98. The highest BCUT2D eigenvalue weighted by Crippen LogP contribution is 2.35. The maximum absolute atomic E-state index is 12.1. The number of rotatable bonds is 5. The maximum Gasteiger partial charge on any atom is 0.277 e. The summed E-state index contributed by atoms with van der Waals surface area (Å²) in [5.74, 6) is 0.176. The van der Waals surface area contributed by atoms with Crippen molar-refractivity contribution >= 4 is 70.7 Å². The smallest absolute Gasteiger partial charge is 0.277 e. The van der Waals surface area contributed by atoms with Crippen LogP contribution in [0.3, 0.4) is 0 Å². The van der Waals surface area contributed by atoms with E-state index in [-0.39, 0.29) is 12.4 Å². The standard InChI is InChI=1S/C20H15Br3N2O3/c1-11-6-16(22)20(17(23)7-11)28-10-18(26)25-24-9-14-13-5-3-2-4-12(13)8-15(21)19(14)27/h2-9,27H,10H2,1H3,(H,25,26). The van der Waals surface area contributed by atoms with E-state index < -0.39 is 5.91 Å². The van der Waals surface area contributed by atoms with Gasteiger partial charge in [-0.1, -0.05) is 24.3 Å². The molecule has 2 N–H and O–H groups in total. The van der Waals surface area contributed by atoms with Crippen molar-refractivity contribution in [2.24, 2.45) is 5.10 Å². The number of hydrogen-bond donors (Lipinski definition) is 2. The van der Waals surface area contributed by atoms with Crippen LogP contribution in [0.15, 0.2) is 61.0 Å². The number of fused-ring (bicyclic) bond motifs is 1. The van der Waals surface area contributed by atoms with Gasteiger partial charge in [0.1, 0.15) is 11.5 Å². The molecule has 0 radical (unpaired) electrons. The lowest BCUT2D eigenvalue weighted by Crippen LogP contribution is -2.24. The van der Waals surface area contributed by atoms with Gasteiger partial charge in [0.25, 0.3) is 5.91 Å². The van der Waals surface area contributed by atoms with Crippen LogP contribution in [0.2, 0.25) is 0 Å². The van der Waals surface area contributed by atoms with E-state index in [0.717, 1.165) is 25.3 Å². The van der Waals surface area contributed by atoms with E-state index in [1.807, 2.05) is 49.4 Å². The lowest BCUT2D eigenvalue weighted by atomic mass is 10.0. The molecular formula is C20H15Br3N2O3. The van der Waals surface area contributed by atoms with Crippen LogP contribution in [0.25, 0.3) is 10.8 Å². The number of aromatic hydroxyl groups is 1. The summed E-state index contributed by atoms with van der Waals surface area (Å²) in [6.07, 6.45) is 1.41. The Labute approximate surface area is 187 Å². The number of aryl methyl sites for hydroxylation is 1. The summed E-state index contributed by atoms with van der Waals surface area (Å²) in [5, 5.41) is 16.0. The molecule has 0 atom stereocenters. The SMILES string of the molecule is Cc1cc(Br)c(OCC(=O)NN=Cc2c(O)c(Br)cc3ccccc23)c(Br)c1. The van der Waals surface area contributed by atoms with E-state index in [1.54, 1.807) is 0 Å². The van der Waals surface area contributed by atoms with Gasteiger partial charge in [-0.3, -0.25) is 4.79 Å². The molecule has 144 valence electrons. The minimum absolute atomic E-state index is 0.0560. The molecule has 8 heteroatoms. The van der Waals surface area contributed by atoms with E-state index in [0.29, 0.717) is 15.8 Å². The third-order valence-electron chi connectivity index (χ3n) is 3.89. The van der Waals surface area contributed by atoms with Crippen LogP contribution < -0.4 is 10.2 Å². The number of ether oxygens (including phenoxy) is 1. The first-order valence-electron chi connectivity index (χ1n) is 8.17. The topological polar surface area (TPSA) is 70.9 Å².